The smallest absolute Gasteiger partial charge is 0.134 e. The molecule has 3 nitrogen and oxygen atoms in total. The summed E-state index contributed by atoms with van der Waals surface area (Å²) in [6.45, 7) is 0. The van der Waals surface area contributed by atoms with E-state index in [1.165, 1.54) is 44.2 Å². The quantitative estimate of drug-likeness (QED) is 0.845. The second-order valence-electron chi connectivity index (χ2n) is 5.04. The molecule has 0 spiro atoms. The van der Waals surface area contributed by atoms with Gasteiger partial charge in [-0.05, 0) is 25.7 Å². The van der Waals surface area contributed by atoms with Crippen molar-refractivity contribution in [2.24, 2.45) is 0 Å². The highest BCUT2D eigenvalue weighted by molar-refractivity contribution is 5.37. The summed E-state index contributed by atoms with van der Waals surface area (Å²) in [6.07, 6.45) is 7.86. The molecule has 0 aliphatic heterocycles. The summed E-state index contributed by atoms with van der Waals surface area (Å²) in [7, 11) is 1.94. The van der Waals surface area contributed by atoms with Crippen LogP contribution in [0.2, 0.25) is 0 Å². The van der Waals surface area contributed by atoms with Crippen LogP contribution in [0.15, 0.2) is 6.07 Å². The lowest BCUT2D eigenvalue weighted by molar-refractivity contribution is 0.661. The topological polar surface area (TPSA) is 37.8 Å². The van der Waals surface area contributed by atoms with Crippen molar-refractivity contribution in [3.63, 3.8) is 0 Å². The summed E-state index contributed by atoms with van der Waals surface area (Å²) >= 11 is 0. The van der Waals surface area contributed by atoms with Crippen LogP contribution in [0.3, 0.4) is 0 Å². The van der Waals surface area contributed by atoms with Gasteiger partial charge in [-0.3, -0.25) is 0 Å². The average molecular weight is 217 g/mol. The van der Waals surface area contributed by atoms with E-state index in [-0.39, 0.29) is 0 Å². The fourth-order valence-electron chi connectivity index (χ4n) is 2.57. The maximum absolute atomic E-state index is 4.77. The molecule has 3 heteroatoms. The van der Waals surface area contributed by atoms with E-state index < -0.39 is 0 Å². The lowest BCUT2D eigenvalue weighted by Gasteiger charge is -2.11. The molecule has 1 aromatic heterocycles. The van der Waals surface area contributed by atoms with Crippen LogP contribution in [0.25, 0.3) is 0 Å². The fourth-order valence-corrected chi connectivity index (χ4v) is 2.57. The summed E-state index contributed by atoms with van der Waals surface area (Å²) < 4.78 is 0. The van der Waals surface area contributed by atoms with E-state index in [9.17, 15) is 0 Å². The van der Waals surface area contributed by atoms with Gasteiger partial charge in [0.2, 0.25) is 0 Å². The highest BCUT2D eigenvalue weighted by atomic mass is 15.0. The molecule has 0 aromatic carbocycles. The third-order valence-electron chi connectivity index (χ3n) is 3.74. The lowest BCUT2D eigenvalue weighted by Crippen LogP contribution is -2.06. The molecule has 3 rings (SSSR count). The van der Waals surface area contributed by atoms with Crippen molar-refractivity contribution in [3.8, 4) is 0 Å². The van der Waals surface area contributed by atoms with Gasteiger partial charge in [0.25, 0.3) is 0 Å². The Labute approximate surface area is 96.7 Å². The largest absolute Gasteiger partial charge is 0.373 e. The van der Waals surface area contributed by atoms with Crippen LogP contribution in [0, 0.1) is 0 Å². The van der Waals surface area contributed by atoms with E-state index in [1.807, 2.05) is 7.05 Å². The van der Waals surface area contributed by atoms with Gasteiger partial charge in [0.1, 0.15) is 11.6 Å². The first-order valence-corrected chi connectivity index (χ1v) is 6.43. The second-order valence-corrected chi connectivity index (χ2v) is 5.04. The predicted molar refractivity (Wildman–Crippen MR) is 64.8 cm³/mol. The molecule has 0 saturated heterocycles. The van der Waals surface area contributed by atoms with Crippen molar-refractivity contribution in [2.45, 2.75) is 50.4 Å². The van der Waals surface area contributed by atoms with Gasteiger partial charge in [0, 0.05) is 30.6 Å². The van der Waals surface area contributed by atoms with Crippen LogP contribution in [-0.4, -0.2) is 17.0 Å². The Balaban J connectivity index is 1.92. The lowest BCUT2D eigenvalue weighted by atomic mass is 10.1. The van der Waals surface area contributed by atoms with Crippen molar-refractivity contribution >= 4 is 5.82 Å². The molecule has 2 aliphatic rings. The van der Waals surface area contributed by atoms with Crippen molar-refractivity contribution in [2.75, 3.05) is 12.4 Å². The van der Waals surface area contributed by atoms with Crippen LogP contribution < -0.4 is 5.32 Å². The number of hydrogen-bond donors (Lipinski definition) is 1. The second kappa shape index (κ2) is 4.04. The third kappa shape index (κ3) is 1.91. The van der Waals surface area contributed by atoms with Gasteiger partial charge in [-0.1, -0.05) is 12.8 Å². The number of nitrogens with one attached hydrogen (secondary N) is 1. The summed E-state index contributed by atoms with van der Waals surface area (Å²) in [5.41, 5.74) is 1.27. The van der Waals surface area contributed by atoms with Gasteiger partial charge in [-0.25, -0.2) is 9.97 Å². The van der Waals surface area contributed by atoms with E-state index in [2.05, 4.69) is 16.4 Å². The molecule has 1 N–H and O–H groups in total. The maximum atomic E-state index is 4.77. The van der Waals surface area contributed by atoms with Gasteiger partial charge in [-0.2, -0.15) is 0 Å². The zero-order valence-corrected chi connectivity index (χ0v) is 9.87. The molecule has 2 fully saturated rings. The molecule has 1 heterocycles. The first kappa shape index (κ1) is 10.1. The first-order chi connectivity index (χ1) is 7.86. The third-order valence-corrected chi connectivity index (χ3v) is 3.74. The van der Waals surface area contributed by atoms with Crippen LogP contribution in [0.1, 0.15) is 61.9 Å². The molecule has 1 aromatic rings. The standard InChI is InChI=1S/C13H19N3/c1-14-12-8-11(9-6-7-9)15-13(16-12)10-4-2-3-5-10/h8-10H,2-7H2,1H3,(H,14,15,16). The Bertz CT molecular complexity index is 379. The molecule has 0 bridgehead atoms. The minimum atomic E-state index is 0.616. The van der Waals surface area contributed by atoms with E-state index >= 15 is 0 Å². The zero-order valence-electron chi connectivity index (χ0n) is 9.87. The Morgan fingerprint density at radius 1 is 1.06 bits per heavy atom. The fraction of sp³-hybridized carbons (Fsp3) is 0.692. The van der Waals surface area contributed by atoms with Gasteiger partial charge < -0.3 is 5.32 Å². The Morgan fingerprint density at radius 2 is 1.81 bits per heavy atom. The monoisotopic (exact) mass is 217 g/mol. The number of rotatable bonds is 3. The first-order valence-electron chi connectivity index (χ1n) is 6.43. The van der Waals surface area contributed by atoms with Gasteiger partial charge in [-0.15, -0.1) is 0 Å². The van der Waals surface area contributed by atoms with Crippen LogP contribution in [-0.2, 0) is 0 Å². The van der Waals surface area contributed by atoms with Gasteiger partial charge in [0.15, 0.2) is 0 Å². The molecule has 0 amide bonds. The highest BCUT2D eigenvalue weighted by Crippen LogP contribution is 2.41. The minimum Gasteiger partial charge on any atom is -0.373 e. The van der Waals surface area contributed by atoms with Crippen LogP contribution in [0.5, 0.6) is 0 Å². The van der Waals surface area contributed by atoms with Crippen LogP contribution >= 0.6 is 0 Å². The predicted octanol–water partition coefficient (Wildman–Crippen LogP) is 3.05. The molecule has 2 saturated carbocycles. The summed E-state index contributed by atoms with van der Waals surface area (Å²) in [6, 6.07) is 2.12. The zero-order chi connectivity index (χ0) is 11.0. The van der Waals surface area contributed by atoms with Crippen molar-refractivity contribution in [3.05, 3.63) is 17.6 Å². The van der Waals surface area contributed by atoms with Crippen molar-refractivity contribution in [1.82, 2.24) is 9.97 Å². The Hall–Kier alpha value is -1.12. The highest BCUT2D eigenvalue weighted by Gasteiger charge is 2.28. The number of anilines is 1. The molecule has 0 unspecified atom stereocenters. The minimum absolute atomic E-state index is 0.616. The molecule has 0 atom stereocenters. The van der Waals surface area contributed by atoms with Crippen molar-refractivity contribution < 1.29 is 0 Å². The summed E-state index contributed by atoms with van der Waals surface area (Å²) in [5.74, 6) is 3.42. The molecular weight excluding hydrogens is 198 g/mol. The summed E-state index contributed by atoms with van der Waals surface area (Å²) in [4.78, 5) is 9.40. The molecular formula is C13H19N3. The maximum Gasteiger partial charge on any atom is 0.134 e. The van der Waals surface area contributed by atoms with E-state index in [1.54, 1.807) is 0 Å². The molecule has 2 aliphatic carbocycles. The van der Waals surface area contributed by atoms with Gasteiger partial charge in [0.05, 0.1) is 0 Å². The number of nitrogens with zero attached hydrogens (tertiary/aromatic N) is 2. The van der Waals surface area contributed by atoms with E-state index in [4.69, 9.17) is 4.98 Å². The SMILES string of the molecule is CNc1cc(C2CC2)nc(C2CCCC2)n1. The molecule has 86 valence electrons. The van der Waals surface area contributed by atoms with E-state index in [0.29, 0.717) is 5.92 Å². The molecule has 16 heavy (non-hydrogen) atoms. The number of hydrogen-bond acceptors (Lipinski definition) is 3. The van der Waals surface area contributed by atoms with Gasteiger partial charge >= 0.3 is 0 Å². The van der Waals surface area contributed by atoms with Crippen molar-refractivity contribution in [1.29, 1.82) is 0 Å². The normalized spacial score (nSPS) is 21.3. The van der Waals surface area contributed by atoms with E-state index in [0.717, 1.165) is 17.6 Å². The average Bonchev–Trinajstić information content (AvgIpc) is 3.04. The number of aromatic nitrogens is 2. The Morgan fingerprint density at radius 3 is 2.44 bits per heavy atom. The van der Waals surface area contributed by atoms with Crippen LogP contribution in [0.4, 0.5) is 5.82 Å². The summed E-state index contributed by atoms with van der Waals surface area (Å²) in [5, 5.41) is 3.16. The Kier molecular flexibility index (Phi) is 2.54. The molecule has 0 radical (unpaired) electrons.